The molecule has 1 saturated heterocycles. The fourth-order valence-electron chi connectivity index (χ4n) is 3.92. The highest BCUT2D eigenvalue weighted by molar-refractivity contribution is 5.77. The molecule has 14 heteroatoms. The van der Waals surface area contributed by atoms with Crippen molar-refractivity contribution in [3.05, 3.63) is 29.7 Å². The van der Waals surface area contributed by atoms with Crippen LogP contribution in [0.2, 0.25) is 0 Å². The number of urea groups is 1. The van der Waals surface area contributed by atoms with E-state index in [9.17, 15) is 31.1 Å². The van der Waals surface area contributed by atoms with E-state index < -0.39 is 48.5 Å². The third-order valence-electron chi connectivity index (χ3n) is 6.70. The lowest BCUT2D eigenvalue weighted by atomic mass is 9.85. The summed E-state index contributed by atoms with van der Waals surface area (Å²) >= 11 is 0. The van der Waals surface area contributed by atoms with E-state index >= 15 is 0 Å². The average molecular weight is 522 g/mol. The van der Waals surface area contributed by atoms with E-state index in [2.05, 4.69) is 10.1 Å². The highest BCUT2D eigenvalue weighted by Crippen LogP contribution is 2.42. The minimum absolute atomic E-state index is 0.00485. The number of nitrogens with two attached hydrogens (primary N) is 1. The van der Waals surface area contributed by atoms with Crippen molar-refractivity contribution in [3.63, 3.8) is 0 Å². The van der Waals surface area contributed by atoms with Gasteiger partial charge in [0.05, 0.1) is 48.8 Å². The van der Waals surface area contributed by atoms with Gasteiger partial charge in [0, 0.05) is 11.6 Å². The average Bonchev–Trinajstić information content (AvgIpc) is 3.36. The summed E-state index contributed by atoms with van der Waals surface area (Å²) in [4.78, 5) is 17.9. The van der Waals surface area contributed by atoms with E-state index in [1.165, 1.54) is 16.9 Å². The molecule has 200 valence electrons. The Kier molecular flexibility index (Phi) is 6.88. The molecular formula is C22H28F6N6O2. The topological polar surface area (TPSA) is 97.8 Å². The summed E-state index contributed by atoms with van der Waals surface area (Å²) in [5.74, 6) is 0. The molecule has 1 aliphatic heterocycles. The summed E-state index contributed by atoms with van der Waals surface area (Å²) in [7, 11) is 0. The Morgan fingerprint density at radius 2 is 1.92 bits per heavy atom. The van der Waals surface area contributed by atoms with Gasteiger partial charge in [-0.2, -0.15) is 31.4 Å². The molecule has 0 radical (unpaired) electrons. The lowest BCUT2D eigenvalue weighted by Gasteiger charge is -2.28. The van der Waals surface area contributed by atoms with Crippen molar-refractivity contribution in [1.82, 2.24) is 24.8 Å². The number of aromatic nitrogens is 3. The van der Waals surface area contributed by atoms with Gasteiger partial charge in [-0.25, -0.2) is 14.3 Å². The van der Waals surface area contributed by atoms with Gasteiger partial charge in [0.2, 0.25) is 0 Å². The van der Waals surface area contributed by atoms with E-state index in [4.69, 9.17) is 10.5 Å². The third-order valence-corrected chi connectivity index (χ3v) is 6.70. The van der Waals surface area contributed by atoms with Crippen LogP contribution in [0.3, 0.4) is 0 Å². The van der Waals surface area contributed by atoms with Crippen LogP contribution in [0.5, 0.6) is 0 Å². The van der Waals surface area contributed by atoms with Crippen molar-refractivity contribution in [2.75, 3.05) is 13.2 Å². The number of nitrogens with one attached hydrogen (secondary N) is 1. The van der Waals surface area contributed by atoms with Crippen molar-refractivity contribution < 1.29 is 35.9 Å². The molecule has 2 aromatic heterocycles. The van der Waals surface area contributed by atoms with Crippen LogP contribution < -0.4 is 11.1 Å². The molecule has 4 rings (SSSR count). The van der Waals surface area contributed by atoms with Gasteiger partial charge in [0.25, 0.3) is 0 Å². The molecule has 0 bridgehead atoms. The molecular weight excluding hydrogens is 494 g/mol. The predicted molar refractivity (Wildman–Crippen MR) is 116 cm³/mol. The summed E-state index contributed by atoms with van der Waals surface area (Å²) in [6, 6.07) is -2.90. The second-order valence-electron chi connectivity index (χ2n) is 10.0. The Labute approximate surface area is 203 Å². The van der Waals surface area contributed by atoms with Crippen molar-refractivity contribution in [2.45, 2.75) is 76.1 Å². The van der Waals surface area contributed by atoms with Crippen LogP contribution in [0.25, 0.3) is 5.65 Å². The summed E-state index contributed by atoms with van der Waals surface area (Å²) in [5, 5.41) is 6.20. The lowest BCUT2D eigenvalue weighted by Crippen LogP contribution is -2.40. The first-order chi connectivity index (χ1) is 16.7. The molecule has 1 saturated carbocycles. The summed E-state index contributed by atoms with van der Waals surface area (Å²) in [6.07, 6.45) is -4.53. The standard InChI is InChI=1S/C22H28F6N6O2/c1-20(2,22(26,27)28)6-5-14(29)15-9-34-18(31-15)7-12(8-30-34)16(11-36-13-3-4-13)33-10-17(21(23,24)25)32-19(33)35/h7-9,13-14,16-17H,3-6,10-11,29H2,1-2H3,(H,32,35)/t14-,16+,17?/m0/s1. The smallest absolute Gasteiger partial charge is 0.376 e. The summed E-state index contributed by atoms with van der Waals surface area (Å²) in [5.41, 5.74) is 5.26. The molecule has 2 aliphatic rings. The minimum Gasteiger partial charge on any atom is -0.376 e. The Bertz CT molecular complexity index is 1100. The number of fused-ring (bicyclic) bond motifs is 1. The monoisotopic (exact) mass is 522 g/mol. The maximum atomic E-state index is 13.2. The van der Waals surface area contributed by atoms with Gasteiger partial charge in [-0.05, 0) is 31.7 Å². The number of carbonyl (C=O) groups excluding carboxylic acids is 1. The zero-order valence-electron chi connectivity index (χ0n) is 19.7. The lowest BCUT2D eigenvalue weighted by molar-refractivity contribution is -0.214. The SMILES string of the molecule is CC(C)(CC[C@H](N)c1cn2ncc([C@@H](COC3CC3)N3CC(C(F)(F)F)NC3=O)cc2n1)C(F)(F)F. The molecule has 0 spiro atoms. The number of rotatable bonds is 9. The molecule has 0 aromatic carbocycles. The molecule has 2 fully saturated rings. The fourth-order valence-corrected chi connectivity index (χ4v) is 3.92. The summed E-state index contributed by atoms with van der Waals surface area (Å²) < 4.78 is 86.2. The molecule has 3 atom stereocenters. The van der Waals surface area contributed by atoms with Crippen LogP contribution in [0.1, 0.15) is 62.9 Å². The van der Waals surface area contributed by atoms with Crippen LogP contribution in [0.4, 0.5) is 31.1 Å². The van der Waals surface area contributed by atoms with E-state index in [0.717, 1.165) is 31.6 Å². The second kappa shape index (κ2) is 9.36. The third kappa shape index (κ3) is 5.69. The van der Waals surface area contributed by atoms with Gasteiger partial charge in [0.15, 0.2) is 5.65 Å². The molecule has 2 amide bonds. The first kappa shape index (κ1) is 26.5. The van der Waals surface area contributed by atoms with Crippen LogP contribution in [0, 0.1) is 5.41 Å². The van der Waals surface area contributed by atoms with E-state index in [1.54, 1.807) is 6.07 Å². The quantitative estimate of drug-likeness (QED) is 0.480. The van der Waals surface area contributed by atoms with Gasteiger partial charge in [-0.1, -0.05) is 13.8 Å². The van der Waals surface area contributed by atoms with E-state index in [0.29, 0.717) is 16.9 Å². The van der Waals surface area contributed by atoms with E-state index in [-0.39, 0.29) is 25.6 Å². The van der Waals surface area contributed by atoms with Crippen LogP contribution in [0.15, 0.2) is 18.5 Å². The molecule has 36 heavy (non-hydrogen) atoms. The molecule has 8 nitrogen and oxygen atoms in total. The normalized spacial score (nSPS) is 21.2. The maximum absolute atomic E-state index is 13.2. The predicted octanol–water partition coefficient (Wildman–Crippen LogP) is 4.27. The number of hydrogen-bond donors (Lipinski definition) is 2. The van der Waals surface area contributed by atoms with Gasteiger partial charge in [-0.3, -0.25) is 0 Å². The van der Waals surface area contributed by atoms with Gasteiger partial charge in [0.1, 0.15) is 6.04 Å². The first-order valence-electron chi connectivity index (χ1n) is 11.6. The largest absolute Gasteiger partial charge is 0.410 e. The zero-order valence-corrected chi connectivity index (χ0v) is 19.7. The highest BCUT2D eigenvalue weighted by Gasteiger charge is 2.49. The van der Waals surface area contributed by atoms with E-state index in [1.807, 2.05) is 5.32 Å². The Morgan fingerprint density at radius 1 is 1.22 bits per heavy atom. The van der Waals surface area contributed by atoms with Crippen LogP contribution in [-0.2, 0) is 4.74 Å². The number of ether oxygens (including phenoxy) is 1. The molecule has 1 aliphatic carbocycles. The molecule has 3 N–H and O–H groups in total. The molecule has 1 unspecified atom stereocenters. The van der Waals surface area contributed by atoms with Crippen LogP contribution in [-0.4, -0.2) is 63.2 Å². The number of imidazole rings is 1. The number of alkyl halides is 6. The summed E-state index contributed by atoms with van der Waals surface area (Å²) in [6.45, 7) is 1.63. The number of halogens is 6. The number of nitrogens with zero attached hydrogens (tertiary/aromatic N) is 4. The van der Waals surface area contributed by atoms with Gasteiger partial charge < -0.3 is 20.7 Å². The van der Waals surface area contributed by atoms with Gasteiger partial charge >= 0.3 is 18.4 Å². The van der Waals surface area contributed by atoms with Crippen molar-refractivity contribution in [3.8, 4) is 0 Å². The number of hydrogen-bond acceptors (Lipinski definition) is 5. The highest BCUT2D eigenvalue weighted by atomic mass is 19.4. The molecule has 2 aromatic rings. The number of carbonyl (C=O) groups is 1. The maximum Gasteiger partial charge on any atom is 0.410 e. The molecule has 3 heterocycles. The first-order valence-corrected chi connectivity index (χ1v) is 11.6. The van der Waals surface area contributed by atoms with Crippen molar-refractivity contribution in [2.24, 2.45) is 11.1 Å². The fraction of sp³-hybridized carbons (Fsp3) is 0.682. The second-order valence-corrected chi connectivity index (χ2v) is 10.0. The Balaban J connectivity index is 1.54. The Hall–Kier alpha value is -2.61. The van der Waals surface area contributed by atoms with Crippen molar-refractivity contribution in [1.29, 1.82) is 0 Å². The minimum atomic E-state index is -4.59. The van der Waals surface area contributed by atoms with Crippen molar-refractivity contribution >= 4 is 11.7 Å². The Morgan fingerprint density at radius 3 is 2.50 bits per heavy atom. The zero-order chi connectivity index (χ0) is 26.5. The van der Waals surface area contributed by atoms with Gasteiger partial charge in [-0.15, -0.1) is 0 Å². The number of amides is 2. The van der Waals surface area contributed by atoms with Crippen LogP contribution >= 0.6 is 0 Å².